The monoisotopic (exact) mass is 543 g/mol. The number of hydrogen-bond acceptors (Lipinski definition) is 6. The molecule has 8 heteroatoms. The number of piperidine rings is 1. The Balaban J connectivity index is 0.000000357. The first kappa shape index (κ1) is 31.3. The second-order valence-corrected chi connectivity index (χ2v) is 9.98. The van der Waals surface area contributed by atoms with Crippen molar-refractivity contribution in [1.82, 2.24) is 4.90 Å². The molecule has 7 nitrogen and oxygen atoms in total. The third-order valence-electron chi connectivity index (χ3n) is 7.54. The van der Waals surface area contributed by atoms with Gasteiger partial charge in [0.2, 0.25) is 0 Å². The fourth-order valence-corrected chi connectivity index (χ4v) is 5.83. The minimum absolute atomic E-state index is 0. The number of benzene rings is 1. The molecule has 2 heterocycles. The quantitative estimate of drug-likeness (QED) is 0.418. The smallest absolute Gasteiger partial charge is 0.161 e. The van der Waals surface area contributed by atoms with E-state index < -0.39 is 0 Å². The molecule has 3 aliphatic carbocycles. The van der Waals surface area contributed by atoms with Crippen molar-refractivity contribution in [3.8, 4) is 11.5 Å². The molecule has 0 aromatic heterocycles. The van der Waals surface area contributed by atoms with Crippen LogP contribution in [0.1, 0.15) is 36.4 Å². The number of methoxy groups -OCH3 is 3. The van der Waals surface area contributed by atoms with Crippen LogP contribution in [-0.4, -0.2) is 55.4 Å². The maximum Gasteiger partial charge on any atom is 0.161 e. The number of hydrogen-bond donors (Lipinski definition) is 2. The molecule has 1 saturated carbocycles. The molecule has 5 N–H and O–H groups in total. The van der Waals surface area contributed by atoms with Crippen molar-refractivity contribution in [3.63, 3.8) is 0 Å². The fourth-order valence-electron chi connectivity index (χ4n) is 5.44. The summed E-state index contributed by atoms with van der Waals surface area (Å²) in [5.41, 5.74) is 4.86. The first-order chi connectivity index (χ1) is 17.5. The van der Waals surface area contributed by atoms with Crippen molar-refractivity contribution < 1.29 is 30.3 Å². The summed E-state index contributed by atoms with van der Waals surface area (Å²) in [6.07, 6.45) is 14.2. The number of nitrogens with zero attached hydrogens (tertiary/aromatic N) is 1. The Morgan fingerprint density at radius 1 is 1.00 bits per heavy atom. The highest BCUT2D eigenvalue weighted by Crippen LogP contribution is 2.48. The molecule has 0 radical (unpaired) electrons. The highest BCUT2D eigenvalue weighted by Gasteiger charge is 2.38. The molecule has 5 aliphatic rings. The van der Waals surface area contributed by atoms with E-state index in [-0.39, 0.29) is 11.0 Å². The lowest BCUT2D eigenvalue weighted by molar-refractivity contribution is 0.180. The standard InChI is InChI=1S/C21H25NO4.C7H8S.C2H4.2H2O/c1-24-15-5-4-13-8-18-16-11-21(26-3)20(25-2)9-14(16)6-7-22(18)12-17(13)19(23)10-15;8-7-3-1-2-5-4-6(5)7;1-2;;/h4-5,9,11,18,23H,6-8,10,12H2,1-3H3;1-3,5-6,8H,4H2;1-2H2;2*1H2. The molecule has 0 amide bonds. The maximum atomic E-state index is 10.6. The van der Waals surface area contributed by atoms with Gasteiger partial charge in [-0.3, -0.25) is 4.90 Å². The van der Waals surface area contributed by atoms with Crippen LogP contribution in [-0.2, 0) is 11.2 Å². The fraction of sp³-hybridized carbons (Fsp3) is 0.400. The molecule has 0 bridgehead atoms. The van der Waals surface area contributed by atoms with Crippen molar-refractivity contribution in [2.24, 2.45) is 11.8 Å². The molecule has 1 aromatic rings. The van der Waals surface area contributed by atoms with Gasteiger partial charge in [-0.2, -0.15) is 0 Å². The van der Waals surface area contributed by atoms with E-state index in [0.717, 1.165) is 60.6 Å². The van der Waals surface area contributed by atoms with Gasteiger partial charge < -0.3 is 30.3 Å². The van der Waals surface area contributed by atoms with Crippen LogP contribution in [0.15, 0.2) is 83.2 Å². The van der Waals surface area contributed by atoms with Crippen molar-refractivity contribution in [1.29, 1.82) is 0 Å². The molecule has 1 saturated heterocycles. The van der Waals surface area contributed by atoms with Gasteiger partial charge in [0.25, 0.3) is 0 Å². The summed E-state index contributed by atoms with van der Waals surface area (Å²) in [6.45, 7) is 7.74. The molecule has 2 aliphatic heterocycles. The number of ether oxygens (including phenoxy) is 3. The van der Waals surface area contributed by atoms with Gasteiger partial charge in [0.15, 0.2) is 11.5 Å². The van der Waals surface area contributed by atoms with Crippen LogP contribution in [0.3, 0.4) is 0 Å². The maximum absolute atomic E-state index is 10.6. The van der Waals surface area contributed by atoms with Crippen LogP contribution in [0.25, 0.3) is 0 Å². The zero-order valence-corrected chi connectivity index (χ0v) is 23.4. The summed E-state index contributed by atoms with van der Waals surface area (Å²) in [5, 5.41) is 10.6. The van der Waals surface area contributed by atoms with E-state index in [1.807, 2.05) is 6.08 Å². The third kappa shape index (κ3) is 6.38. The molecule has 3 unspecified atom stereocenters. The molecule has 6 rings (SSSR count). The normalized spacial score (nSPS) is 24.0. The molecule has 38 heavy (non-hydrogen) atoms. The van der Waals surface area contributed by atoms with Crippen LogP contribution in [0, 0.1) is 11.8 Å². The highest BCUT2D eigenvalue weighted by atomic mass is 32.1. The van der Waals surface area contributed by atoms with Crippen LogP contribution in [0.5, 0.6) is 11.5 Å². The third-order valence-corrected chi connectivity index (χ3v) is 8.02. The SMILES string of the molecule is C=C.COC1=CC=C2CC3c4cc(OC)c(OC)cc4CCN3CC2=C(O)C1.O.O.SC1=CC=CC2CC12. The van der Waals surface area contributed by atoms with Crippen LogP contribution >= 0.6 is 12.6 Å². The van der Waals surface area contributed by atoms with Crippen molar-refractivity contribution >= 4 is 12.6 Å². The highest BCUT2D eigenvalue weighted by molar-refractivity contribution is 7.84. The second-order valence-electron chi connectivity index (χ2n) is 9.46. The molecule has 3 atom stereocenters. The summed E-state index contributed by atoms with van der Waals surface area (Å²) in [7, 11) is 5.00. The van der Waals surface area contributed by atoms with Gasteiger partial charge >= 0.3 is 0 Å². The number of thiol groups is 1. The average Bonchev–Trinajstić information content (AvgIpc) is 3.73. The van der Waals surface area contributed by atoms with E-state index in [9.17, 15) is 5.11 Å². The van der Waals surface area contributed by atoms with Gasteiger partial charge in [0, 0.05) is 24.7 Å². The average molecular weight is 544 g/mol. The summed E-state index contributed by atoms with van der Waals surface area (Å²) in [5.74, 6) is 4.44. The first-order valence-electron chi connectivity index (χ1n) is 12.4. The van der Waals surface area contributed by atoms with Gasteiger partial charge in [0.1, 0.15) is 11.5 Å². The summed E-state index contributed by atoms with van der Waals surface area (Å²) >= 11 is 4.31. The van der Waals surface area contributed by atoms with Crippen molar-refractivity contribution in [2.75, 3.05) is 34.4 Å². The minimum Gasteiger partial charge on any atom is -0.511 e. The molecule has 208 valence electrons. The number of aliphatic hydroxyl groups excluding tert-OH is 1. The number of rotatable bonds is 3. The Morgan fingerprint density at radius 3 is 2.34 bits per heavy atom. The summed E-state index contributed by atoms with van der Waals surface area (Å²) in [6, 6.07) is 4.52. The molecular weight excluding hydrogens is 502 g/mol. The van der Waals surface area contributed by atoms with Crippen LogP contribution in [0.4, 0.5) is 0 Å². The predicted octanol–water partition coefficient (Wildman–Crippen LogP) is 4.84. The summed E-state index contributed by atoms with van der Waals surface area (Å²) < 4.78 is 16.3. The molecular formula is C30H41NO6S. The second kappa shape index (κ2) is 13.8. The minimum atomic E-state index is 0. The van der Waals surface area contributed by atoms with Gasteiger partial charge in [-0.1, -0.05) is 24.3 Å². The molecule has 0 spiro atoms. The molecule has 2 fully saturated rings. The van der Waals surface area contributed by atoms with E-state index in [1.54, 1.807) is 21.3 Å². The van der Waals surface area contributed by atoms with E-state index >= 15 is 0 Å². The largest absolute Gasteiger partial charge is 0.511 e. The van der Waals surface area contributed by atoms with Gasteiger partial charge in [0.05, 0.1) is 27.8 Å². The lowest BCUT2D eigenvalue weighted by Gasteiger charge is -2.42. The Kier molecular flexibility index (Phi) is 11.3. The van der Waals surface area contributed by atoms with Gasteiger partial charge in [-0.05, 0) is 70.9 Å². The lowest BCUT2D eigenvalue weighted by Crippen LogP contribution is -2.40. The Labute approximate surface area is 231 Å². The Hall–Kier alpha value is -2.91. The summed E-state index contributed by atoms with van der Waals surface area (Å²) in [4.78, 5) is 3.73. The predicted molar refractivity (Wildman–Crippen MR) is 156 cm³/mol. The van der Waals surface area contributed by atoms with E-state index in [4.69, 9.17) is 14.2 Å². The van der Waals surface area contributed by atoms with Gasteiger partial charge in [-0.25, -0.2) is 0 Å². The van der Waals surface area contributed by atoms with Crippen LogP contribution in [0.2, 0.25) is 0 Å². The van der Waals surface area contributed by atoms with Crippen molar-refractivity contribution in [2.45, 2.75) is 31.7 Å². The Morgan fingerprint density at radius 2 is 1.71 bits per heavy atom. The topological polar surface area (TPSA) is 114 Å². The van der Waals surface area contributed by atoms with E-state index in [0.29, 0.717) is 18.2 Å². The van der Waals surface area contributed by atoms with Crippen LogP contribution < -0.4 is 9.47 Å². The number of allylic oxidation sites excluding steroid dienone is 6. The first-order valence-corrected chi connectivity index (χ1v) is 12.9. The number of aliphatic hydroxyl groups is 1. The zero-order chi connectivity index (χ0) is 25.8. The van der Waals surface area contributed by atoms with E-state index in [2.05, 4.69) is 67.1 Å². The Bertz CT molecular complexity index is 1150. The van der Waals surface area contributed by atoms with Crippen molar-refractivity contribution in [3.05, 3.63) is 94.4 Å². The molecule has 1 aromatic carbocycles. The van der Waals surface area contributed by atoms with Gasteiger partial charge in [-0.15, -0.1) is 25.8 Å². The van der Waals surface area contributed by atoms with E-state index in [1.165, 1.54) is 28.0 Å². The lowest BCUT2D eigenvalue weighted by atomic mass is 9.82. The number of fused-ring (bicyclic) bond motifs is 5. The zero-order valence-electron chi connectivity index (χ0n) is 22.5.